The number of hydrogen-bond acceptors (Lipinski definition) is 3. The minimum atomic E-state index is -0.292. The molecule has 0 radical (unpaired) electrons. The van der Waals surface area contributed by atoms with Crippen LogP contribution in [0.3, 0.4) is 0 Å². The van der Waals surface area contributed by atoms with Crippen LogP contribution in [0.15, 0.2) is 97.2 Å². The van der Waals surface area contributed by atoms with Crippen LogP contribution < -0.4 is 4.74 Å². The van der Waals surface area contributed by atoms with Crippen molar-refractivity contribution in [2.45, 2.75) is 20.8 Å². The SMILES string of the molecule is Cc1ccnc(-n2c3[c-]c(Oc4[c-]c(-n5nc(C)c(-c6ccccc6)c5C)ccc4)ccc3c3cc(F)ccc32)c1.[Pt+2]. The van der Waals surface area contributed by atoms with Gasteiger partial charge in [0.15, 0.2) is 0 Å². The molecule has 5 nitrogen and oxygen atoms in total. The van der Waals surface area contributed by atoms with Gasteiger partial charge in [0.1, 0.15) is 11.6 Å². The standard InChI is InChI=1S/C35H25FN4O.Pt/c1-22-16-17-37-34(18-22)39-32-15-12-26(36)19-31(32)30-14-13-29(21-33(30)39)41-28-11-7-10-27(20-28)40-24(3)35(23(2)38-40)25-8-5-4-6-9-25;/h4-19H,1-3H3;/q-2;+2. The van der Waals surface area contributed by atoms with Crippen LogP contribution in [0.2, 0.25) is 0 Å². The fourth-order valence-electron chi connectivity index (χ4n) is 5.47. The zero-order valence-corrected chi connectivity index (χ0v) is 25.4. The maximum atomic E-state index is 14.3. The first-order valence-corrected chi connectivity index (χ1v) is 13.4. The first kappa shape index (κ1) is 27.6. The molecule has 0 aliphatic heterocycles. The second-order valence-electron chi connectivity index (χ2n) is 10.1. The first-order valence-electron chi connectivity index (χ1n) is 13.4. The summed E-state index contributed by atoms with van der Waals surface area (Å²) < 4.78 is 24.4. The minimum Gasteiger partial charge on any atom is -0.509 e. The summed E-state index contributed by atoms with van der Waals surface area (Å²) in [5.74, 6) is 1.49. The van der Waals surface area contributed by atoms with Gasteiger partial charge in [0.2, 0.25) is 0 Å². The smallest absolute Gasteiger partial charge is 0.509 e. The number of rotatable bonds is 5. The Morgan fingerprint density at radius 3 is 2.40 bits per heavy atom. The van der Waals surface area contributed by atoms with Crippen molar-refractivity contribution in [3.63, 3.8) is 0 Å². The van der Waals surface area contributed by atoms with E-state index in [1.807, 2.05) is 83.8 Å². The number of halogens is 1. The largest absolute Gasteiger partial charge is 2.00 e. The number of hydrogen-bond donors (Lipinski definition) is 0. The van der Waals surface area contributed by atoms with Crippen molar-refractivity contribution in [2.24, 2.45) is 0 Å². The number of aromatic nitrogens is 4. The van der Waals surface area contributed by atoms with Gasteiger partial charge in [-0.15, -0.1) is 35.7 Å². The van der Waals surface area contributed by atoms with Crippen LogP contribution in [0.4, 0.5) is 4.39 Å². The van der Waals surface area contributed by atoms with Crippen molar-refractivity contribution < 1.29 is 30.2 Å². The molecule has 208 valence electrons. The number of fused-ring (bicyclic) bond motifs is 3. The average molecular weight is 732 g/mol. The molecule has 0 aliphatic rings. The topological polar surface area (TPSA) is 44.9 Å². The summed E-state index contributed by atoms with van der Waals surface area (Å²) in [6, 6.07) is 35.3. The molecule has 0 N–H and O–H groups in total. The predicted molar refractivity (Wildman–Crippen MR) is 159 cm³/mol. The van der Waals surface area contributed by atoms with Crippen molar-refractivity contribution in [2.75, 3.05) is 0 Å². The molecule has 0 amide bonds. The summed E-state index contributed by atoms with van der Waals surface area (Å²) in [6.07, 6.45) is 1.77. The van der Waals surface area contributed by atoms with Crippen LogP contribution in [0.25, 0.3) is 44.4 Å². The van der Waals surface area contributed by atoms with Crippen LogP contribution in [0, 0.1) is 38.7 Å². The minimum absolute atomic E-state index is 0. The van der Waals surface area contributed by atoms with E-state index in [9.17, 15) is 4.39 Å². The van der Waals surface area contributed by atoms with Crippen LogP contribution >= 0.6 is 0 Å². The van der Waals surface area contributed by atoms with E-state index in [2.05, 4.69) is 36.2 Å². The van der Waals surface area contributed by atoms with Gasteiger partial charge in [0.25, 0.3) is 0 Å². The molecule has 3 aromatic heterocycles. The van der Waals surface area contributed by atoms with Gasteiger partial charge in [-0.3, -0.25) is 4.68 Å². The molecule has 7 heteroatoms. The Bertz CT molecular complexity index is 2080. The Kier molecular flexibility index (Phi) is 7.26. The number of aryl methyl sites for hydroxylation is 2. The van der Waals surface area contributed by atoms with E-state index in [-0.39, 0.29) is 26.9 Å². The molecule has 4 aromatic carbocycles. The van der Waals surface area contributed by atoms with Crippen molar-refractivity contribution in [3.8, 4) is 34.1 Å². The molecular weight excluding hydrogens is 706 g/mol. The van der Waals surface area contributed by atoms with E-state index in [0.29, 0.717) is 11.5 Å². The molecule has 7 aromatic rings. The third-order valence-corrected chi connectivity index (χ3v) is 7.30. The van der Waals surface area contributed by atoms with E-state index in [0.717, 1.165) is 61.4 Å². The van der Waals surface area contributed by atoms with E-state index in [1.54, 1.807) is 18.3 Å². The third-order valence-electron chi connectivity index (χ3n) is 7.30. The molecule has 0 unspecified atom stereocenters. The molecule has 0 saturated heterocycles. The molecule has 42 heavy (non-hydrogen) atoms. The van der Waals surface area contributed by atoms with Gasteiger partial charge in [-0.25, -0.2) is 9.37 Å². The quantitative estimate of drug-likeness (QED) is 0.167. The Morgan fingerprint density at radius 1 is 0.786 bits per heavy atom. The van der Waals surface area contributed by atoms with Crippen molar-refractivity contribution in [3.05, 3.63) is 132 Å². The van der Waals surface area contributed by atoms with Crippen molar-refractivity contribution in [1.82, 2.24) is 19.3 Å². The Morgan fingerprint density at radius 2 is 1.60 bits per heavy atom. The maximum absolute atomic E-state index is 14.3. The van der Waals surface area contributed by atoms with Gasteiger partial charge in [-0.05, 0) is 73.3 Å². The summed E-state index contributed by atoms with van der Waals surface area (Å²) in [5.41, 5.74) is 7.66. The molecular formula is C35H25FN4OPt. The number of benzene rings is 4. The van der Waals surface area contributed by atoms with Gasteiger partial charge < -0.3 is 9.30 Å². The molecule has 0 spiro atoms. The second kappa shape index (κ2) is 11.0. The summed E-state index contributed by atoms with van der Waals surface area (Å²) in [4.78, 5) is 4.60. The normalized spacial score (nSPS) is 11.1. The number of ether oxygens (including phenoxy) is 1. The van der Waals surface area contributed by atoms with Gasteiger partial charge >= 0.3 is 21.1 Å². The zero-order chi connectivity index (χ0) is 28.1. The molecule has 3 heterocycles. The van der Waals surface area contributed by atoms with Crippen LogP contribution in [0.5, 0.6) is 11.5 Å². The number of nitrogens with zero attached hydrogens (tertiary/aromatic N) is 4. The second-order valence-corrected chi connectivity index (χ2v) is 10.1. The average Bonchev–Trinajstić information content (AvgIpc) is 3.46. The van der Waals surface area contributed by atoms with Gasteiger partial charge in [0, 0.05) is 34.5 Å². The first-order chi connectivity index (χ1) is 20.0. The van der Waals surface area contributed by atoms with Crippen molar-refractivity contribution >= 4 is 21.8 Å². The van der Waals surface area contributed by atoms with E-state index >= 15 is 0 Å². The summed E-state index contributed by atoms with van der Waals surface area (Å²) >= 11 is 0. The Balaban J connectivity index is 0.00000316. The van der Waals surface area contributed by atoms with Crippen LogP contribution in [0.1, 0.15) is 17.0 Å². The summed E-state index contributed by atoms with van der Waals surface area (Å²) in [6.45, 7) is 6.10. The predicted octanol–water partition coefficient (Wildman–Crippen LogP) is 8.49. The molecule has 7 rings (SSSR count). The monoisotopic (exact) mass is 731 g/mol. The van der Waals surface area contributed by atoms with Gasteiger partial charge in [0.05, 0.1) is 5.69 Å². The molecule has 0 bridgehead atoms. The van der Waals surface area contributed by atoms with Crippen molar-refractivity contribution in [1.29, 1.82) is 0 Å². The van der Waals surface area contributed by atoms with E-state index in [1.165, 1.54) is 6.07 Å². The van der Waals surface area contributed by atoms with E-state index in [4.69, 9.17) is 9.84 Å². The van der Waals surface area contributed by atoms with Gasteiger partial charge in [-0.2, -0.15) is 17.2 Å². The van der Waals surface area contributed by atoms with Gasteiger partial charge in [-0.1, -0.05) is 35.8 Å². The molecule has 0 saturated carbocycles. The molecule has 0 aliphatic carbocycles. The summed E-state index contributed by atoms with van der Waals surface area (Å²) in [7, 11) is 0. The van der Waals surface area contributed by atoms with Crippen LogP contribution in [-0.4, -0.2) is 19.3 Å². The fraction of sp³-hybridized carbons (Fsp3) is 0.0857. The fourth-order valence-corrected chi connectivity index (χ4v) is 5.47. The molecule has 0 atom stereocenters. The Labute approximate surface area is 257 Å². The summed E-state index contributed by atoms with van der Waals surface area (Å²) in [5, 5.41) is 6.47. The Hall–Kier alpha value is -4.54. The maximum Gasteiger partial charge on any atom is 2.00 e. The molecule has 0 fully saturated rings. The van der Waals surface area contributed by atoms with E-state index < -0.39 is 0 Å². The third kappa shape index (κ3) is 4.82. The number of pyridine rings is 1. The zero-order valence-electron chi connectivity index (χ0n) is 23.1. The van der Waals surface area contributed by atoms with Crippen LogP contribution in [-0.2, 0) is 21.1 Å².